The third-order valence-electron chi connectivity index (χ3n) is 6.31. The zero-order chi connectivity index (χ0) is 23.5. The molecule has 1 aliphatic heterocycles. The second-order valence-electron chi connectivity index (χ2n) is 8.61. The monoisotopic (exact) mass is 485 g/mol. The molecule has 2 aromatic carbocycles. The van der Waals surface area contributed by atoms with Gasteiger partial charge < -0.3 is 14.8 Å². The molecule has 2 N–H and O–H groups in total. The Morgan fingerprint density at radius 2 is 1.89 bits per heavy atom. The summed E-state index contributed by atoms with van der Waals surface area (Å²) in [5.74, 6) is 0.653. The van der Waals surface area contributed by atoms with Crippen molar-refractivity contribution in [3.05, 3.63) is 72.4 Å². The topological polar surface area (TPSA) is 75.3 Å². The lowest BCUT2D eigenvalue weighted by atomic mass is 10.1. The summed E-state index contributed by atoms with van der Waals surface area (Å²) in [5.41, 5.74) is 5.41. The van der Waals surface area contributed by atoms with E-state index in [1.807, 2.05) is 18.3 Å². The van der Waals surface area contributed by atoms with E-state index < -0.39 is 0 Å². The first-order chi connectivity index (χ1) is 17.3. The van der Waals surface area contributed by atoms with Crippen molar-refractivity contribution >= 4 is 37.3 Å². The molecule has 0 aliphatic carbocycles. The number of morpholine rings is 1. The molecule has 178 valence electrons. The van der Waals surface area contributed by atoms with Crippen molar-refractivity contribution in [1.29, 1.82) is 0 Å². The number of hydrogen-bond acceptors (Lipinski definition) is 7. The molecule has 7 nitrogen and oxygen atoms in total. The van der Waals surface area contributed by atoms with Crippen LogP contribution in [0.1, 0.15) is 5.56 Å². The van der Waals surface area contributed by atoms with Gasteiger partial charge in [0.2, 0.25) is 5.88 Å². The molecule has 3 aromatic heterocycles. The van der Waals surface area contributed by atoms with Gasteiger partial charge in [0, 0.05) is 47.9 Å². The maximum atomic E-state index is 5.80. The first kappa shape index (κ1) is 22.0. The zero-order valence-corrected chi connectivity index (χ0v) is 20.2. The van der Waals surface area contributed by atoms with Gasteiger partial charge in [-0.25, -0.2) is 4.98 Å². The molecule has 0 spiro atoms. The number of thiophene rings is 1. The van der Waals surface area contributed by atoms with Crippen LogP contribution in [0.2, 0.25) is 0 Å². The van der Waals surface area contributed by atoms with Crippen molar-refractivity contribution in [2.24, 2.45) is 0 Å². The standard InChI is InChI=1S/C27H27N5O2S/c1-2-4-23-22(3-1)26-27(35-23)25(30-31-26)20-7-5-19(6-8-20)17-28-21-9-10-24(29-18-21)34-16-13-32-11-14-33-15-12-32/h1-10,18,28H,11-17H2,(H,30,31). The fourth-order valence-electron chi connectivity index (χ4n) is 4.34. The van der Waals surface area contributed by atoms with Gasteiger partial charge in [-0.3, -0.25) is 10.00 Å². The average molecular weight is 486 g/mol. The van der Waals surface area contributed by atoms with E-state index in [0.29, 0.717) is 12.5 Å². The van der Waals surface area contributed by atoms with Gasteiger partial charge >= 0.3 is 0 Å². The van der Waals surface area contributed by atoms with Crippen LogP contribution < -0.4 is 10.1 Å². The van der Waals surface area contributed by atoms with Gasteiger partial charge in [0.15, 0.2) is 0 Å². The number of benzene rings is 2. The van der Waals surface area contributed by atoms with Crippen LogP contribution in [-0.2, 0) is 11.3 Å². The van der Waals surface area contributed by atoms with Crippen molar-refractivity contribution in [3.8, 4) is 17.1 Å². The Hall–Kier alpha value is -3.46. The minimum Gasteiger partial charge on any atom is -0.476 e. The van der Waals surface area contributed by atoms with Crippen LogP contribution in [0.5, 0.6) is 5.88 Å². The van der Waals surface area contributed by atoms with E-state index in [2.05, 4.69) is 73.9 Å². The highest BCUT2D eigenvalue weighted by Crippen LogP contribution is 2.38. The quantitative estimate of drug-likeness (QED) is 0.316. The number of hydrogen-bond donors (Lipinski definition) is 2. The van der Waals surface area contributed by atoms with Gasteiger partial charge in [0.1, 0.15) is 12.3 Å². The molecule has 0 bridgehead atoms. The molecular weight excluding hydrogens is 458 g/mol. The number of nitrogens with zero attached hydrogens (tertiary/aromatic N) is 3. The molecule has 6 rings (SSSR count). The van der Waals surface area contributed by atoms with Gasteiger partial charge in [-0.15, -0.1) is 11.3 Å². The maximum Gasteiger partial charge on any atom is 0.213 e. The van der Waals surface area contributed by atoms with Crippen LogP contribution in [0, 0.1) is 0 Å². The van der Waals surface area contributed by atoms with Gasteiger partial charge in [-0.2, -0.15) is 5.10 Å². The van der Waals surface area contributed by atoms with Crippen molar-refractivity contribution in [3.63, 3.8) is 0 Å². The molecule has 0 atom stereocenters. The SMILES string of the molecule is c1ccc2c(c1)sc1c(-c3ccc(CNc4ccc(OCCN5CCOCC5)nc4)cc3)n[nH]c12. The van der Waals surface area contributed by atoms with Crippen LogP contribution in [0.25, 0.3) is 31.6 Å². The highest BCUT2D eigenvalue weighted by atomic mass is 32.1. The molecule has 1 saturated heterocycles. The Morgan fingerprint density at radius 3 is 2.71 bits per heavy atom. The fourth-order valence-corrected chi connectivity index (χ4v) is 5.50. The van der Waals surface area contributed by atoms with Crippen molar-refractivity contribution in [2.45, 2.75) is 6.54 Å². The number of anilines is 1. The number of rotatable bonds is 8. The summed E-state index contributed by atoms with van der Waals surface area (Å²) < 4.78 is 13.7. The molecule has 4 heterocycles. The molecule has 35 heavy (non-hydrogen) atoms. The lowest BCUT2D eigenvalue weighted by molar-refractivity contribution is 0.0320. The lowest BCUT2D eigenvalue weighted by Gasteiger charge is -2.26. The Labute approximate surface area is 207 Å². The first-order valence-corrected chi connectivity index (χ1v) is 12.7. The van der Waals surface area contributed by atoms with Crippen LogP contribution in [0.4, 0.5) is 5.69 Å². The molecule has 0 radical (unpaired) electrons. The second-order valence-corrected chi connectivity index (χ2v) is 9.66. The van der Waals surface area contributed by atoms with Crippen LogP contribution in [0.3, 0.4) is 0 Å². The Kier molecular flexibility index (Phi) is 6.32. The Bertz CT molecular complexity index is 1410. The third-order valence-corrected chi connectivity index (χ3v) is 7.49. The normalized spacial score (nSPS) is 14.5. The number of aromatic amines is 1. The smallest absolute Gasteiger partial charge is 0.213 e. The van der Waals surface area contributed by atoms with E-state index in [9.17, 15) is 0 Å². The number of ether oxygens (including phenoxy) is 2. The number of fused-ring (bicyclic) bond motifs is 3. The summed E-state index contributed by atoms with van der Waals surface area (Å²) in [6.45, 7) is 5.80. The van der Waals surface area contributed by atoms with E-state index in [1.165, 1.54) is 20.3 Å². The van der Waals surface area contributed by atoms with Crippen molar-refractivity contribution in [1.82, 2.24) is 20.1 Å². The zero-order valence-electron chi connectivity index (χ0n) is 19.4. The van der Waals surface area contributed by atoms with Gasteiger partial charge in [-0.05, 0) is 17.7 Å². The maximum absolute atomic E-state index is 5.80. The molecule has 0 unspecified atom stereocenters. The van der Waals surface area contributed by atoms with E-state index >= 15 is 0 Å². The largest absolute Gasteiger partial charge is 0.476 e. The fraction of sp³-hybridized carbons (Fsp3) is 0.259. The van der Waals surface area contributed by atoms with Gasteiger partial charge in [-0.1, -0.05) is 42.5 Å². The highest BCUT2D eigenvalue weighted by Gasteiger charge is 2.14. The molecule has 0 amide bonds. The molecular formula is C27H27N5O2S. The number of H-pyrrole nitrogens is 1. The summed E-state index contributed by atoms with van der Waals surface area (Å²) in [6.07, 6.45) is 1.82. The van der Waals surface area contributed by atoms with E-state index in [4.69, 9.17) is 9.47 Å². The molecule has 0 saturated carbocycles. The van der Waals surface area contributed by atoms with Crippen LogP contribution in [-0.4, -0.2) is 59.5 Å². The van der Waals surface area contributed by atoms with E-state index in [0.717, 1.165) is 61.9 Å². The summed E-state index contributed by atoms with van der Waals surface area (Å²) in [6, 6.07) is 20.9. The summed E-state index contributed by atoms with van der Waals surface area (Å²) in [7, 11) is 0. The molecule has 8 heteroatoms. The molecule has 1 fully saturated rings. The predicted octanol–water partition coefficient (Wildman–Crippen LogP) is 5.16. The summed E-state index contributed by atoms with van der Waals surface area (Å²) in [4.78, 5) is 6.78. The van der Waals surface area contributed by atoms with E-state index in [1.54, 1.807) is 11.3 Å². The number of pyridine rings is 1. The third kappa shape index (κ3) is 4.86. The second kappa shape index (κ2) is 10.0. The van der Waals surface area contributed by atoms with Gasteiger partial charge in [0.05, 0.1) is 35.3 Å². The Morgan fingerprint density at radius 1 is 1.03 bits per heavy atom. The average Bonchev–Trinajstić information content (AvgIpc) is 3.49. The van der Waals surface area contributed by atoms with Crippen LogP contribution >= 0.6 is 11.3 Å². The van der Waals surface area contributed by atoms with Gasteiger partial charge in [0.25, 0.3) is 0 Å². The summed E-state index contributed by atoms with van der Waals surface area (Å²) in [5, 5.41) is 12.5. The molecule has 5 aromatic rings. The predicted molar refractivity (Wildman–Crippen MR) is 141 cm³/mol. The minimum absolute atomic E-state index is 0.635. The molecule has 1 aliphatic rings. The Balaban J connectivity index is 1.04. The highest BCUT2D eigenvalue weighted by molar-refractivity contribution is 7.26. The minimum atomic E-state index is 0.635. The van der Waals surface area contributed by atoms with Crippen molar-refractivity contribution in [2.75, 3.05) is 44.8 Å². The summed E-state index contributed by atoms with van der Waals surface area (Å²) >= 11 is 1.78. The number of nitrogens with one attached hydrogen (secondary N) is 2. The number of aromatic nitrogens is 3. The van der Waals surface area contributed by atoms with Crippen molar-refractivity contribution < 1.29 is 9.47 Å². The lowest BCUT2D eigenvalue weighted by Crippen LogP contribution is -2.38. The first-order valence-electron chi connectivity index (χ1n) is 11.9. The van der Waals surface area contributed by atoms with E-state index in [-0.39, 0.29) is 0 Å². The van der Waals surface area contributed by atoms with Crippen LogP contribution in [0.15, 0.2) is 66.9 Å².